The molecule has 0 aromatic heterocycles. The number of hydrogen-bond donors (Lipinski definition) is 1. The molecule has 0 saturated carbocycles. The number of hydrogen-bond acceptors (Lipinski definition) is 2. The SMILES string of the molecule is CC(C)C1C=NN[C@@](C)(C(C)(C)C)[C@H]1C. The fraction of sp³-hybridized carbons (Fsp3) is 0.923. The van der Waals surface area contributed by atoms with Gasteiger partial charge in [-0.25, -0.2) is 0 Å². The third-order valence-corrected chi connectivity index (χ3v) is 4.36. The van der Waals surface area contributed by atoms with Crippen LogP contribution >= 0.6 is 0 Å². The smallest absolute Gasteiger partial charge is 0.0600 e. The second kappa shape index (κ2) is 3.80. The van der Waals surface area contributed by atoms with Crippen molar-refractivity contribution in [2.45, 2.75) is 54.0 Å². The van der Waals surface area contributed by atoms with Crippen molar-refractivity contribution in [1.29, 1.82) is 0 Å². The van der Waals surface area contributed by atoms with Crippen molar-refractivity contribution in [2.75, 3.05) is 0 Å². The molecule has 1 heterocycles. The van der Waals surface area contributed by atoms with Crippen molar-refractivity contribution in [1.82, 2.24) is 5.43 Å². The fourth-order valence-electron chi connectivity index (χ4n) is 2.47. The molecule has 0 spiro atoms. The van der Waals surface area contributed by atoms with Gasteiger partial charge < -0.3 is 5.43 Å². The molecule has 1 aliphatic rings. The van der Waals surface area contributed by atoms with E-state index in [4.69, 9.17) is 0 Å². The zero-order valence-electron chi connectivity index (χ0n) is 11.3. The lowest BCUT2D eigenvalue weighted by Gasteiger charge is -2.50. The van der Waals surface area contributed by atoms with Crippen LogP contribution in [0.15, 0.2) is 5.10 Å². The summed E-state index contributed by atoms with van der Waals surface area (Å²) in [5, 5.41) is 4.37. The summed E-state index contributed by atoms with van der Waals surface area (Å²) in [6, 6.07) is 0. The topological polar surface area (TPSA) is 24.4 Å². The van der Waals surface area contributed by atoms with Crippen LogP contribution in [0.5, 0.6) is 0 Å². The van der Waals surface area contributed by atoms with Gasteiger partial charge in [0, 0.05) is 12.1 Å². The predicted molar refractivity (Wildman–Crippen MR) is 67.0 cm³/mol. The van der Waals surface area contributed by atoms with Crippen molar-refractivity contribution in [3.05, 3.63) is 0 Å². The molecule has 0 fully saturated rings. The Labute approximate surface area is 94.5 Å². The van der Waals surface area contributed by atoms with Gasteiger partial charge in [-0.2, -0.15) is 5.10 Å². The van der Waals surface area contributed by atoms with E-state index < -0.39 is 0 Å². The summed E-state index contributed by atoms with van der Waals surface area (Å²) < 4.78 is 0. The van der Waals surface area contributed by atoms with Crippen molar-refractivity contribution in [3.8, 4) is 0 Å². The minimum Gasteiger partial charge on any atom is -0.304 e. The lowest BCUT2D eigenvalue weighted by molar-refractivity contribution is 0.0574. The zero-order chi connectivity index (χ0) is 11.9. The van der Waals surface area contributed by atoms with Crippen LogP contribution < -0.4 is 5.43 Å². The van der Waals surface area contributed by atoms with E-state index in [1.165, 1.54) is 0 Å². The van der Waals surface area contributed by atoms with Gasteiger partial charge in [-0.05, 0) is 24.2 Å². The zero-order valence-corrected chi connectivity index (χ0v) is 11.3. The van der Waals surface area contributed by atoms with Crippen LogP contribution in [0.25, 0.3) is 0 Å². The number of nitrogens with zero attached hydrogens (tertiary/aromatic N) is 1. The molecule has 88 valence electrons. The Balaban J connectivity index is 3.01. The van der Waals surface area contributed by atoms with E-state index in [2.05, 4.69) is 65.2 Å². The summed E-state index contributed by atoms with van der Waals surface area (Å²) in [5.74, 6) is 1.85. The largest absolute Gasteiger partial charge is 0.304 e. The maximum atomic E-state index is 4.37. The predicted octanol–water partition coefficient (Wildman–Crippen LogP) is 3.29. The highest BCUT2D eigenvalue weighted by Gasteiger charge is 2.46. The van der Waals surface area contributed by atoms with Crippen LogP contribution in [0.4, 0.5) is 0 Å². The minimum absolute atomic E-state index is 0.0800. The van der Waals surface area contributed by atoms with E-state index in [1.54, 1.807) is 0 Å². The van der Waals surface area contributed by atoms with E-state index in [0.717, 1.165) is 0 Å². The summed E-state index contributed by atoms with van der Waals surface area (Å²) in [6.07, 6.45) is 2.09. The molecule has 0 aromatic rings. The second-order valence-electron chi connectivity index (χ2n) is 6.45. The molecule has 2 nitrogen and oxygen atoms in total. The lowest BCUT2D eigenvalue weighted by Crippen LogP contribution is -2.60. The Morgan fingerprint density at radius 3 is 2.27 bits per heavy atom. The molecular formula is C13H26N2. The van der Waals surface area contributed by atoms with Gasteiger partial charge in [-0.3, -0.25) is 0 Å². The van der Waals surface area contributed by atoms with Gasteiger partial charge >= 0.3 is 0 Å². The summed E-state index contributed by atoms with van der Waals surface area (Å²) in [7, 11) is 0. The van der Waals surface area contributed by atoms with Crippen LogP contribution in [0.2, 0.25) is 0 Å². The molecule has 15 heavy (non-hydrogen) atoms. The van der Waals surface area contributed by atoms with Gasteiger partial charge in [0.2, 0.25) is 0 Å². The molecule has 3 atom stereocenters. The van der Waals surface area contributed by atoms with Crippen molar-refractivity contribution < 1.29 is 0 Å². The first-order chi connectivity index (χ1) is 6.70. The van der Waals surface area contributed by atoms with Crippen molar-refractivity contribution in [3.63, 3.8) is 0 Å². The molecule has 0 bridgehead atoms. The van der Waals surface area contributed by atoms with Gasteiger partial charge in [0.25, 0.3) is 0 Å². The molecule has 0 saturated heterocycles. The Morgan fingerprint density at radius 2 is 1.87 bits per heavy atom. The molecule has 0 aliphatic carbocycles. The maximum absolute atomic E-state index is 4.37. The highest BCUT2D eigenvalue weighted by molar-refractivity contribution is 5.62. The Kier molecular flexibility index (Phi) is 3.18. The number of nitrogens with one attached hydrogen (secondary N) is 1. The third-order valence-electron chi connectivity index (χ3n) is 4.36. The number of rotatable bonds is 1. The van der Waals surface area contributed by atoms with Gasteiger partial charge in [0.15, 0.2) is 0 Å². The van der Waals surface area contributed by atoms with E-state index in [0.29, 0.717) is 17.8 Å². The van der Waals surface area contributed by atoms with E-state index in [-0.39, 0.29) is 11.0 Å². The van der Waals surface area contributed by atoms with Crippen molar-refractivity contribution in [2.24, 2.45) is 28.3 Å². The minimum atomic E-state index is 0.0800. The molecular weight excluding hydrogens is 184 g/mol. The van der Waals surface area contributed by atoms with Gasteiger partial charge in [0.1, 0.15) is 0 Å². The molecule has 1 aliphatic heterocycles. The summed E-state index contributed by atoms with van der Waals surface area (Å²) in [4.78, 5) is 0. The quantitative estimate of drug-likeness (QED) is 0.705. The molecule has 1 unspecified atom stereocenters. The molecule has 2 heteroatoms. The molecule has 1 rings (SSSR count). The average molecular weight is 210 g/mol. The second-order valence-corrected chi connectivity index (χ2v) is 6.45. The molecule has 0 aromatic carbocycles. The molecule has 1 N–H and O–H groups in total. The van der Waals surface area contributed by atoms with Gasteiger partial charge in [0.05, 0.1) is 5.54 Å². The fourth-order valence-corrected chi connectivity index (χ4v) is 2.47. The Morgan fingerprint density at radius 1 is 1.33 bits per heavy atom. The van der Waals surface area contributed by atoms with Crippen LogP contribution in [0.1, 0.15) is 48.5 Å². The first-order valence-corrected chi connectivity index (χ1v) is 6.00. The monoisotopic (exact) mass is 210 g/mol. The molecule has 0 radical (unpaired) electrons. The van der Waals surface area contributed by atoms with E-state index in [1.807, 2.05) is 0 Å². The van der Waals surface area contributed by atoms with Gasteiger partial charge in [-0.1, -0.05) is 41.5 Å². The highest BCUT2D eigenvalue weighted by Crippen LogP contribution is 2.42. The summed E-state index contributed by atoms with van der Waals surface area (Å²) in [5.41, 5.74) is 3.64. The normalized spacial score (nSPS) is 36.8. The Hall–Kier alpha value is -0.530. The van der Waals surface area contributed by atoms with E-state index >= 15 is 0 Å². The summed E-state index contributed by atoms with van der Waals surface area (Å²) >= 11 is 0. The lowest BCUT2D eigenvalue weighted by atomic mass is 9.62. The van der Waals surface area contributed by atoms with Crippen LogP contribution in [0, 0.1) is 23.2 Å². The highest BCUT2D eigenvalue weighted by atomic mass is 15.3. The summed E-state index contributed by atoms with van der Waals surface area (Å²) in [6.45, 7) is 16.1. The number of hydrazone groups is 1. The first-order valence-electron chi connectivity index (χ1n) is 6.00. The first kappa shape index (κ1) is 12.5. The van der Waals surface area contributed by atoms with Crippen LogP contribution in [-0.2, 0) is 0 Å². The van der Waals surface area contributed by atoms with Crippen LogP contribution in [0.3, 0.4) is 0 Å². The maximum Gasteiger partial charge on any atom is 0.0600 e. The standard InChI is InChI=1S/C13H26N2/c1-9(2)11-8-14-15-13(7,10(11)3)12(4,5)6/h8-11,15H,1-7H3/t10-,11?,13+/m0/s1. The van der Waals surface area contributed by atoms with E-state index in [9.17, 15) is 0 Å². The van der Waals surface area contributed by atoms with Crippen LogP contribution in [-0.4, -0.2) is 11.8 Å². The third kappa shape index (κ3) is 2.04. The average Bonchev–Trinajstić information content (AvgIpc) is 2.07. The van der Waals surface area contributed by atoms with Gasteiger partial charge in [-0.15, -0.1) is 0 Å². The van der Waals surface area contributed by atoms with Crippen molar-refractivity contribution >= 4 is 6.21 Å². The Bertz CT molecular complexity index is 250. The molecule has 0 amide bonds.